The van der Waals surface area contributed by atoms with Crippen LogP contribution in [0.2, 0.25) is 0 Å². The van der Waals surface area contributed by atoms with Crippen LogP contribution in [0.3, 0.4) is 0 Å². The number of halogens is 3. The number of rotatable bonds is 3. The van der Waals surface area contributed by atoms with Crippen molar-refractivity contribution in [1.29, 1.82) is 0 Å². The molecule has 0 radical (unpaired) electrons. The Hall–Kier alpha value is -1.03. The lowest BCUT2D eigenvalue weighted by Crippen LogP contribution is -2.34. The predicted octanol–water partition coefficient (Wildman–Crippen LogP) is 4.93. The zero-order valence-electron chi connectivity index (χ0n) is 12.9. The summed E-state index contributed by atoms with van der Waals surface area (Å²) in [5.74, 6) is -1.09. The molecule has 0 saturated heterocycles. The number of nitrogens with one attached hydrogen (secondary N) is 1. The van der Waals surface area contributed by atoms with Crippen molar-refractivity contribution >= 4 is 0 Å². The Kier molecular flexibility index (Phi) is 4.97. The van der Waals surface area contributed by atoms with E-state index >= 15 is 0 Å². The van der Waals surface area contributed by atoms with Gasteiger partial charge in [-0.15, -0.1) is 0 Å². The molecular weight excluding hydrogens is 275 g/mol. The first-order valence-corrected chi connectivity index (χ1v) is 7.64. The molecule has 1 fully saturated rings. The Morgan fingerprint density at radius 3 is 2.48 bits per heavy atom. The minimum Gasteiger partial charge on any atom is -0.313 e. The molecule has 1 aliphatic carbocycles. The van der Waals surface area contributed by atoms with Crippen molar-refractivity contribution in [1.82, 2.24) is 5.32 Å². The van der Waals surface area contributed by atoms with Gasteiger partial charge in [0.25, 0.3) is 0 Å². The highest BCUT2D eigenvalue weighted by Gasteiger charge is 2.43. The fourth-order valence-corrected chi connectivity index (χ4v) is 3.65. The normalized spacial score (nSPS) is 24.9. The first kappa shape index (κ1) is 16.3. The minimum atomic E-state index is -4.06. The smallest absolute Gasteiger partial charge is 0.313 e. The molecule has 1 aromatic rings. The lowest BCUT2D eigenvalue weighted by atomic mass is 9.75. The summed E-state index contributed by atoms with van der Waals surface area (Å²) in [4.78, 5) is 0. The van der Waals surface area contributed by atoms with Crippen LogP contribution in [-0.4, -0.2) is 13.2 Å². The fourth-order valence-electron chi connectivity index (χ4n) is 3.65. The molecule has 1 aromatic carbocycles. The highest BCUT2D eigenvalue weighted by atomic mass is 19.4. The van der Waals surface area contributed by atoms with E-state index in [0.29, 0.717) is 6.42 Å². The second kappa shape index (κ2) is 6.39. The van der Waals surface area contributed by atoms with Crippen molar-refractivity contribution in [3.8, 4) is 0 Å². The Morgan fingerprint density at radius 2 is 1.90 bits per heavy atom. The van der Waals surface area contributed by atoms with Gasteiger partial charge in [-0.2, -0.15) is 13.2 Å². The molecule has 118 valence electrons. The average molecular weight is 299 g/mol. The molecule has 3 atom stereocenters. The van der Waals surface area contributed by atoms with Crippen LogP contribution in [-0.2, 0) is 0 Å². The summed E-state index contributed by atoms with van der Waals surface area (Å²) in [5.41, 5.74) is 3.47. The monoisotopic (exact) mass is 299 g/mol. The van der Waals surface area contributed by atoms with Crippen LogP contribution in [0.25, 0.3) is 0 Å². The van der Waals surface area contributed by atoms with Crippen molar-refractivity contribution in [3.63, 3.8) is 0 Å². The van der Waals surface area contributed by atoms with E-state index in [1.54, 1.807) is 0 Å². The summed E-state index contributed by atoms with van der Waals surface area (Å²) in [5, 5.41) is 3.25. The quantitative estimate of drug-likeness (QED) is 0.834. The molecule has 3 unspecified atom stereocenters. The van der Waals surface area contributed by atoms with Crippen molar-refractivity contribution < 1.29 is 13.2 Å². The first-order valence-electron chi connectivity index (χ1n) is 7.64. The topological polar surface area (TPSA) is 12.0 Å². The van der Waals surface area contributed by atoms with E-state index < -0.39 is 12.1 Å². The van der Waals surface area contributed by atoms with E-state index in [0.717, 1.165) is 17.5 Å². The molecule has 0 heterocycles. The summed E-state index contributed by atoms with van der Waals surface area (Å²) in [6.07, 6.45) is -2.01. The largest absolute Gasteiger partial charge is 0.391 e. The predicted molar refractivity (Wildman–Crippen MR) is 79.2 cm³/mol. The van der Waals surface area contributed by atoms with E-state index in [4.69, 9.17) is 0 Å². The summed E-state index contributed by atoms with van der Waals surface area (Å²) in [6, 6.07) is 6.21. The van der Waals surface area contributed by atoms with Gasteiger partial charge in [-0.1, -0.05) is 30.2 Å². The third kappa shape index (κ3) is 3.79. The van der Waals surface area contributed by atoms with E-state index in [2.05, 4.69) is 17.4 Å². The van der Waals surface area contributed by atoms with Gasteiger partial charge in [0.05, 0.1) is 5.92 Å². The molecule has 1 aliphatic rings. The van der Waals surface area contributed by atoms with Gasteiger partial charge in [-0.25, -0.2) is 0 Å². The summed E-state index contributed by atoms with van der Waals surface area (Å²) < 4.78 is 39.0. The van der Waals surface area contributed by atoms with Crippen LogP contribution in [0.15, 0.2) is 18.2 Å². The Morgan fingerprint density at radius 1 is 1.19 bits per heavy atom. The van der Waals surface area contributed by atoms with Crippen LogP contribution >= 0.6 is 0 Å². The van der Waals surface area contributed by atoms with Crippen LogP contribution in [0, 0.1) is 25.7 Å². The summed E-state index contributed by atoms with van der Waals surface area (Å²) in [7, 11) is 1.85. The Bertz CT molecular complexity index is 481. The maximum Gasteiger partial charge on any atom is 0.391 e. The number of aryl methyl sites for hydroxylation is 2. The van der Waals surface area contributed by atoms with Crippen molar-refractivity contribution in [2.24, 2.45) is 11.8 Å². The van der Waals surface area contributed by atoms with Crippen LogP contribution in [0.1, 0.15) is 48.4 Å². The van der Waals surface area contributed by atoms with Gasteiger partial charge in [0.1, 0.15) is 0 Å². The van der Waals surface area contributed by atoms with E-state index in [9.17, 15) is 13.2 Å². The van der Waals surface area contributed by atoms with Gasteiger partial charge in [-0.05, 0) is 57.2 Å². The zero-order chi connectivity index (χ0) is 15.6. The van der Waals surface area contributed by atoms with Gasteiger partial charge in [0, 0.05) is 6.04 Å². The lowest BCUT2D eigenvalue weighted by molar-refractivity contribution is -0.186. The maximum atomic E-state index is 13.0. The second-order valence-electron chi connectivity index (χ2n) is 6.29. The fraction of sp³-hybridized carbons (Fsp3) is 0.647. The third-order valence-electron chi connectivity index (χ3n) is 4.72. The molecule has 0 aliphatic heterocycles. The van der Waals surface area contributed by atoms with Gasteiger partial charge in [0.15, 0.2) is 0 Å². The zero-order valence-corrected chi connectivity index (χ0v) is 12.9. The number of hydrogen-bond donors (Lipinski definition) is 1. The van der Waals surface area contributed by atoms with Gasteiger partial charge in [0.2, 0.25) is 0 Å². The minimum absolute atomic E-state index is 0.00995. The molecule has 1 saturated carbocycles. The van der Waals surface area contributed by atoms with Crippen LogP contribution in [0.4, 0.5) is 13.2 Å². The SMILES string of the molecule is CNC(c1ccc(C)cc1C)C1CCCC(C(F)(F)F)C1. The van der Waals surface area contributed by atoms with E-state index in [1.165, 1.54) is 5.56 Å². The molecule has 1 nitrogen and oxygen atoms in total. The van der Waals surface area contributed by atoms with Gasteiger partial charge in [-0.3, -0.25) is 0 Å². The van der Waals surface area contributed by atoms with Crippen LogP contribution < -0.4 is 5.32 Å². The lowest BCUT2D eigenvalue weighted by Gasteiger charge is -2.36. The highest BCUT2D eigenvalue weighted by Crippen LogP contribution is 2.44. The van der Waals surface area contributed by atoms with E-state index in [1.807, 2.05) is 27.0 Å². The number of alkyl halides is 3. The van der Waals surface area contributed by atoms with Gasteiger partial charge >= 0.3 is 6.18 Å². The Labute approximate surface area is 124 Å². The maximum absolute atomic E-state index is 13.0. The average Bonchev–Trinajstić information content (AvgIpc) is 2.41. The highest BCUT2D eigenvalue weighted by molar-refractivity contribution is 5.33. The number of hydrogen-bond acceptors (Lipinski definition) is 1. The molecule has 4 heteroatoms. The molecule has 0 bridgehead atoms. The molecule has 1 N–H and O–H groups in total. The molecule has 0 aromatic heterocycles. The molecular formula is C17H24F3N. The molecule has 0 spiro atoms. The Balaban J connectivity index is 2.20. The molecule has 21 heavy (non-hydrogen) atoms. The standard InChI is InChI=1S/C17H24F3N/c1-11-7-8-15(12(2)9-11)16(21-3)13-5-4-6-14(10-13)17(18,19)20/h7-9,13-14,16,21H,4-6,10H2,1-3H3. The first-order chi connectivity index (χ1) is 9.82. The molecule has 2 rings (SSSR count). The molecule has 0 amide bonds. The van der Waals surface area contributed by atoms with Crippen LogP contribution in [0.5, 0.6) is 0 Å². The van der Waals surface area contributed by atoms with E-state index in [-0.39, 0.29) is 24.8 Å². The summed E-state index contributed by atoms with van der Waals surface area (Å²) in [6.45, 7) is 4.07. The van der Waals surface area contributed by atoms with Crippen molar-refractivity contribution in [2.75, 3.05) is 7.05 Å². The van der Waals surface area contributed by atoms with Crippen molar-refractivity contribution in [3.05, 3.63) is 34.9 Å². The number of benzene rings is 1. The second-order valence-corrected chi connectivity index (χ2v) is 6.29. The van der Waals surface area contributed by atoms with Crippen molar-refractivity contribution in [2.45, 2.75) is 51.7 Å². The summed E-state index contributed by atoms with van der Waals surface area (Å²) >= 11 is 0. The van der Waals surface area contributed by atoms with Gasteiger partial charge < -0.3 is 5.32 Å². The third-order valence-corrected chi connectivity index (χ3v) is 4.72.